The van der Waals surface area contributed by atoms with E-state index in [0.717, 1.165) is 29.1 Å². The van der Waals surface area contributed by atoms with Gasteiger partial charge in [-0.15, -0.1) is 0 Å². The van der Waals surface area contributed by atoms with Crippen molar-refractivity contribution in [3.05, 3.63) is 47.1 Å². The average molecular weight is 274 g/mol. The van der Waals surface area contributed by atoms with Crippen LogP contribution in [0.1, 0.15) is 25.8 Å². The third-order valence-corrected chi connectivity index (χ3v) is 3.40. The van der Waals surface area contributed by atoms with Gasteiger partial charge in [0.15, 0.2) is 0 Å². The Morgan fingerprint density at radius 1 is 1.25 bits per heavy atom. The van der Waals surface area contributed by atoms with Crippen molar-refractivity contribution >= 4 is 0 Å². The molecule has 1 N–H and O–H groups in total. The topological polar surface area (TPSA) is 38.7 Å². The van der Waals surface area contributed by atoms with Gasteiger partial charge in [-0.3, -0.25) is 0 Å². The van der Waals surface area contributed by atoms with E-state index in [1.54, 1.807) is 7.11 Å². The Morgan fingerprint density at radius 2 is 2.05 bits per heavy atom. The molecule has 20 heavy (non-hydrogen) atoms. The number of benzene rings is 1. The zero-order valence-corrected chi connectivity index (χ0v) is 12.3. The van der Waals surface area contributed by atoms with Crippen molar-refractivity contribution in [2.75, 3.05) is 13.7 Å². The van der Waals surface area contributed by atoms with Crippen LogP contribution in [0.3, 0.4) is 0 Å². The summed E-state index contributed by atoms with van der Waals surface area (Å²) in [7, 11) is 1.68. The Hall–Kier alpha value is -1.74. The standard InChI is InChI=1S/C17H22O3/c1-12-4-5-14-10-16(6-7-17(14)19-3)20-11-13(2)9-15(18)8-12/h4,6-7,9-10,15,18H,5,8,11H2,1-3H3. The molecule has 1 aliphatic heterocycles. The van der Waals surface area contributed by atoms with Crippen LogP contribution in [0.5, 0.6) is 11.5 Å². The van der Waals surface area contributed by atoms with Crippen molar-refractivity contribution < 1.29 is 14.6 Å². The highest BCUT2D eigenvalue weighted by Crippen LogP contribution is 2.26. The van der Waals surface area contributed by atoms with Gasteiger partial charge >= 0.3 is 0 Å². The van der Waals surface area contributed by atoms with Gasteiger partial charge in [-0.25, -0.2) is 0 Å². The van der Waals surface area contributed by atoms with Crippen LogP contribution < -0.4 is 9.47 Å². The minimum Gasteiger partial charge on any atom is -0.496 e. The lowest BCUT2D eigenvalue weighted by Gasteiger charge is -2.14. The van der Waals surface area contributed by atoms with E-state index in [1.807, 2.05) is 38.1 Å². The maximum absolute atomic E-state index is 10.00. The van der Waals surface area contributed by atoms with Crippen LogP contribution in [0.15, 0.2) is 41.5 Å². The number of fused-ring (bicyclic) bond motifs is 2. The van der Waals surface area contributed by atoms with E-state index in [-0.39, 0.29) is 0 Å². The fraction of sp³-hybridized carbons (Fsp3) is 0.412. The van der Waals surface area contributed by atoms with Gasteiger partial charge in [-0.05, 0) is 50.5 Å². The Balaban J connectivity index is 2.34. The van der Waals surface area contributed by atoms with Gasteiger partial charge in [0.05, 0.1) is 13.2 Å². The molecule has 1 aromatic rings. The van der Waals surface area contributed by atoms with E-state index >= 15 is 0 Å². The molecule has 0 aliphatic carbocycles. The summed E-state index contributed by atoms with van der Waals surface area (Å²) < 4.78 is 11.1. The largest absolute Gasteiger partial charge is 0.496 e. The summed E-state index contributed by atoms with van der Waals surface area (Å²) in [5.41, 5.74) is 3.31. The van der Waals surface area contributed by atoms with Gasteiger partial charge in [0.25, 0.3) is 0 Å². The first-order chi connectivity index (χ1) is 9.58. The van der Waals surface area contributed by atoms with Crippen molar-refractivity contribution in [2.24, 2.45) is 0 Å². The molecule has 0 saturated carbocycles. The van der Waals surface area contributed by atoms with E-state index in [0.29, 0.717) is 13.0 Å². The van der Waals surface area contributed by atoms with Gasteiger partial charge in [0.2, 0.25) is 0 Å². The number of methoxy groups -OCH3 is 1. The molecule has 0 amide bonds. The number of allylic oxidation sites excluding steroid dienone is 1. The maximum Gasteiger partial charge on any atom is 0.122 e. The Labute approximate surface area is 120 Å². The van der Waals surface area contributed by atoms with Crippen molar-refractivity contribution in [3.8, 4) is 11.5 Å². The number of aliphatic hydroxyl groups is 1. The minimum absolute atomic E-state index is 0.450. The number of hydrogen-bond acceptors (Lipinski definition) is 3. The molecule has 0 fully saturated rings. The van der Waals surface area contributed by atoms with E-state index in [9.17, 15) is 5.11 Å². The fourth-order valence-corrected chi connectivity index (χ4v) is 2.33. The molecule has 3 nitrogen and oxygen atoms in total. The normalized spacial score (nSPS) is 19.9. The van der Waals surface area contributed by atoms with Gasteiger partial charge in [0.1, 0.15) is 18.1 Å². The van der Waals surface area contributed by atoms with Gasteiger partial charge < -0.3 is 14.6 Å². The first-order valence-electron chi connectivity index (χ1n) is 6.89. The summed E-state index contributed by atoms with van der Waals surface area (Å²) in [6, 6.07) is 5.87. The molecule has 3 heteroatoms. The molecule has 1 aliphatic rings. The summed E-state index contributed by atoms with van der Waals surface area (Å²) in [6.07, 6.45) is 4.98. The molecular weight excluding hydrogens is 252 g/mol. The molecule has 0 aromatic heterocycles. The highest BCUT2D eigenvalue weighted by Gasteiger charge is 2.08. The van der Waals surface area contributed by atoms with Crippen molar-refractivity contribution in [1.82, 2.24) is 0 Å². The molecule has 0 saturated heterocycles. The molecule has 2 rings (SSSR count). The van der Waals surface area contributed by atoms with Crippen molar-refractivity contribution in [1.29, 1.82) is 0 Å². The van der Waals surface area contributed by atoms with Crippen LogP contribution in [0.4, 0.5) is 0 Å². The van der Waals surface area contributed by atoms with Crippen molar-refractivity contribution in [2.45, 2.75) is 32.8 Å². The molecule has 2 bridgehead atoms. The zero-order valence-electron chi connectivity index (χ0n) is 12.3. The third kappa shape index (κ3) is 3.87. The molecule has 1 unspecified atom stereocenters. The predicted molar refractivity (Wildman–Crippen MR) is 80.3 cm³/mol. The third-order valence-electron chi connectivity index (χ3n) is 3.40. The Kier molecular flexibility index (Phi) is 4.85. The van der Waals surface area contributed by atoms with Crippen LogP contribution in [0, 0.1) is 0 Å². The number of rotatable bonds is 1. The number of aliphatic hydroxyl groups excluding tert-OH is 1. The van der Waals surface area contributed by atoms with E-state index in [1.165, 1.54) is 5.57 Å². The van der Waals surface area contributed by atoms with Crippen LogP contribution in [0.25, 0.3) is 0 Å². The monoisotopic (exact) mass is 274 g/mol. The number of hydrogen-bond donors (Lipinski definition) is 1. The smallest absolute Gasteiger partial charge is 0.122 e. The molecule has 1 aromatic carbocycles. The second kappa shape index (κ2) is 6.62. The molecule has 1 heterocycles. The predicted octanol–water partition coefficient (Wildman–Crippen LogP) is 3.27. The van der Waals surface area contributed by atoms with Gasteiger partial charge in [-0.1, -0.05) is 17.7 Å². The molecule has 0 radical (unpaired) electrons. The highest BCUT2D eigenvalue weighted by atomic mass is 16.5. The van der Waals surface area contributed by atoms with Gasteiger partial charge in [-0.2, -0.15) is 0 Å². The Bertz CT molecular complexity index is 529. The van der Waals surface area contributed by atoms with Crippen molar-refractivity contribution in [3.63, 3.8) is 0 Å². The van der Waals surface area contributed by atoms with Crippen LogP contribution in [0.2, 0.25) is 0 Å². The SMILES string of the molecule is COc1ccc2cc1CC=C(C)CC(O)C=C(C)CO2. The number of ether oxygens (including phenoxy) is 2. The lowest BCUT2D eigenvalue weighted by Crippen LogP contribution is -2.08. The zero-order chi connectivity index (χ0) is 14.5. The van der Waals surface area contributed by atoms with E-state index in [2.05, 4.69) is 6.08 Å². The maximum atomic E-state index is 10.00. The van der Waals surface area contributed by atoms with Gasteiger partial charge in [0, 0.05) is 5.56 Å². The summed E-state index contributed by atoms with van der Waals surface area (Å²) in [6.45, 7) is 4.51. The first kappa shape index (κ1) is 14.7. The summed E-state index contributed by atoms with van der Waals surface area (Å²) in [5.74, 6) is 1.70. The molecular formula is C17H22O3. The lowest BCUT2D eigenvalue weighted by atomic mass is 10.0. The second-order valence-electron chi connectivity index (χ2n) is 5.30. The Morgan fingerprint density at radius 3 is 2.80 bits per heavy atom. The quantitative estimate of drug-likeness (QED) is 0.799. The summed E-state index contributed by atoms with van der Waals surface area (Å²) >= 11 is 0. The summed E-state index contributed by atoms with van der Waals surface area (Å²) in [5, 5.41) is 10.00. The summed E-state index contributed by atoms with van der Waals surface area (Å²) in [4.78, 5) is 0. The highest BCUT2D eigenvalue weighted by molar-refractivity contribution is 5.41. The van der Waals surface area contributed by atoms with Crippen LogP contribution in [-0.4, -0.2) is 24.9 Å². The average Bonchev–Trinajstić information content (AvgIpc) is 2.41. The first-order valence-corrected chi connectivity index (χ1v) is 6.89. The van der Waals surface area contributed by atoms with Crippen LogP contribution >= 0.6 is 0 Å². The molecule has 108 valence electrons. The fourth-order valence-electron chi connectivity index (χ4n) is 2.33. The van der Waals surface area contributed by atoms with E-state index < -0.39 is 6.10 Å². The van der Waals surface area contributed by atoms with E-state index in [4.69, 9.17) is 9.47 Å². The lowest BCUT2D eigenvalue weighted by molar-refractivity contribution is 0.221. The van der Waals surface area contributed by atoms with Crippen LogP contribution in [-0.2, 0) is 6.42 Å². The molecule has 0 spiro atoms. The second-order valence-corrected chi connectivity index (χ2v) is 5.30. The minimum atomic E-state index is -0.450. The molecule has 1 atom stereocenters.